The van der Waals surface area contributed by atoms with Crippen molar-refractivity contribution in [1.29, 1.82) is 0 Å². The summed E-state index contributed by atoms with van der Waals surface area (Å²) in [5.74, 6) is 0. The number of nitrogens with zero attached hydrogens (tertiary/aromatic N) is 2. The Kier molecular flexibility index (Phi) is 7.64. The maximum absolute atomic E-state index is 5.43. The number of hydrogen-bond donors (Lipinski definition) is 1. The van der Waals surface area contributed by atoms with E-state index in [1.165, 1.54) is 5.69 Å². The van der Waals surface area contributed by atoms with Crippen molar-refractivity contribution in [3.8, 4) is 0 Å². The molecule has 0 saturated heterocycles. The lowest BCUT2D eigenvalue weighted by Crippen LogP contribution is -2.24. The van der Waals surface area contributed by atoms with Gasteiger partial charge in [0.25, 0.3) is 0 Å². The lowest BCUT2D eigenvalue weighted by Gasteiger charge is -2.10. The Labute approximate surface area is 109 Å². The smallest absolute Gasteiger partial charge is 0.0700 e. The molecule has 5 nitrogen and oxygen atoms in total. The Morgan fingerprint density at radius 3 is 2.89 bits per heavy atom. The molecule has 0 fully saturated rings. The zero-order chi connectivity index (χ0) is 13.2. The first-order valence-corrected chi connectivity index (χ1v) is 6.54. The van der Waals surface area contributed by atoms with Crippen LogP contribution in [0.1, 0.15) is 26.0 Å². The van der Waals surface area contributed by atoms with Crippen LogP contribution in [0.4, 0.5) is 0 Å². The van der Waals surface area contributed by atoms with Gasteiger partial charge >= 0.3 is 0 Å². The molecule has 0 spiro atoms. The van der Waals surface area contributed by atoms with Gasteiger partial charge in [-0.1, -0.05) is 13.8 Å². The van der Waals surface area contributed by atoms with Gasteiger partial charge < -0.3 is 14.8 Å². The third kappa shape index (κ3) is 6.14. The van der Waals surface area contributed by atoms with Crippen LogP contribution < -0.4 is 5.32 Å². The van der Waals surface area contributed by atoms with Crippen LogP contribution in [0.3, 0.4) is 0 Å². The summed E-state index contributed by atoms with van der Waals surface area (Å²) in [6.45, 7) is 8.12. The van der Waals surface area contributed by atoms with Gasteiger partial charge in [-0.25, -0.2) is 0 Å². The Morgan fingerprint density at radius 2 is 2.17 bits per heavy atom. The third-order valence-corrected chi connectivity index (χ3v) is 2.59. The lowest BCUT2D eigenvalue weighted by atomic mass is 10.3. The average Bonchev–Trinajstić information content (AvgIpc) is 2.78. The topological polar surface area (TPSA) is 48.3 Å². The van der Waals surface area contributed by atoms with E-state index in [9.17, 15) is 0 Å². The maximum Gasteiger partial charge on any atom is 0.0700 e. The molecule has 0 aliphatic rings. The highest BCUT2D eigenvalue weighted by Crippen LogP contribution is 2.01. The van der Waals surface area contributed by atoms with E-state index in [0.717, 1.165) is 26.1 Å². The summed E-state index contributed by atoms with van der Waals surface area (Å²) in [5.41, 5.74) is 1.22. The van der Waals surface area contributed by atoms with Gasteiger partial charge in [0, 0.05) is 39.0 Å². The highest BCUT2D eigenvalue weighted by atomic mass is 16.5. The van der Waals surface area contributed by atoms with Crippen molar-refractivity contribution >= 4 is 0 Å². The molecule has 0 aliphatic carbocycles. The molecule has 1 heterocycles. The minimum atomic E-state index is 0.491. The molecule has 0 unspecified atom stereocenters. The van der Waals surface area contributed by atoms with E-state index in [1.54, 1.807) is 7.11 Å². The minimum absolute atomic E-state index is 0.491. The van der Waals surface area contributed by atoms with E-state index in [4.69, 9.17) is 9.47 Å². The molecule has 0 saturated carbocycles. The first-order valence-electron chi connectivity index (χ1n) is 6.54. The predicted molar refractivity (Wildman–Crippen MR) is 71.5 cm³/mol. The molecule has 104 valence electrons. The van der Waals surface area contributed by atoms with Crippen LogP contribution in [0, 0.1) is 0 Å². The number of methoxy groups -OCH3 is 1. The molecule has 0 radical (unpaired) electrons. The molecule has 0 atom stereocenters. The molecule has 5 heteroatoms. The van der Waals surface area contributed by atoms with E-state index in [-0.39, 0.29) is 0 Å². The van der Waals surface area contributed by atoms with Crippen LogP contribution in [-0.4, -0.2) is 42.8 Å². The molecule has 0 bridgehead atoms. The molecular formula is C13H25N3O2. The molecule has 18 heavy (non-hydrogen) atoms. The van der Waals surface area contributed by atoms with E-state index in [0.29, 0.717) is 19.3 Å². The second-order valence-corrected chi connectivity index (χ2v) is 4.54. The van der Waals surface area contributed by atoms with E-state index >= 15 is 0 Å². The van der Waals surface area contributed by atoms with Crippen molar-refractivity contribution in [3.05, 3.63) is 18.0 Å². The van der Waals surface area contributed by atoms with Gasteiger partial charge in [0.2, 0.25) is 0 Å². The number of aryl methyl sites for hydroxylation is 1. The fourth-order valence-electron chi connectivity index (χ4n) is 1.58. The molecule has 1 N–H and O–H groups in total. The number of nitrogens with one attached hydrogen (secondary N) is 1. The van der Waals surface area contributed by atoms with E-state index < -0.39 is 0 Å². The standard InChI is InChI=1S/C13H25N3O2/c1-12(2)14-11-13-5-6-15-16(13)7-4-8-18-10-9-17-3/h5-6,12,14H,4,7-11H2,1-3H3. The second-order valence-electron chi connectivity index (χ2n) is 4.54. The van der Waals surface area contributed by atoms with Gasteiger partial charge in [0.05, 0.1) is 18.9 Å². The summed E-state index contributed by atoms with van der Waals surface area (Å²) in [6, 6.07) is 2.55. The average molecular weight is 255 g/mol. The monoisotopic (exact) mass is 255 g/mol. The van der Waals surface area contributed by atoms with Crippen LogP contribution in [0.25, 0.3) is 0 Å². The highest BCUT2D eigenvalue weighted by molar-refractivity contribution is 5.00. The van der Waals surface area contributed by atoms with Gasteiger partial charge in [-0.3, -0.25) is 4.68 Å². The fourth-order valence-corrected chi connectivity index (χ4v) is 1.58. The molecule has 0 aromatic carbocycles. The van der Waals surface area contributed by atoms with Crippen molar-refractivity contribution in [2.24, 2.45) is 0 Å². The number of aromatic nitrogens is 2. The largest absolute Gasteiger partial charge is 0.382 e. The lowest BCUT2D eigenvalue weighted by molar-refractivity contribution is 0.0676. The van der Waals surface area contributed by atoms with Crippen molar-refractivity contribution in [1.82, 2.24) is 15.1 Å². The highest BCUT2D eigenvalue weighted by Gasteiger charge is 2.02. The Hall–Kier alpha value is -0.910. The maximum atomic E-state index is 5.43. The van der Waals surface area contributed by atoms with Gasteiger partial charge in [-0.05, 0) is 12.5 Å². The summed E-state index contributed by atoms with van der Waals surface area (Å²) in [7, 11) is 1.68. The Bertz CT molecular complexity index is 313. The molecule has 0 aliphatic heterocycles. The summed E-state index contributed by atoms with van der Waals surface area (Å²) in [4.78, 5) is 0. The SMILES string of the molecule is COCCOCCCn1nccc1CNC(C)C. The zero-order valence-electron chi connectivity index (χ0n) is 11.7. The summed E-state index contributed by atoms with van der Waals surface area (Å²) >= 11 is 0. The van der Waals surface area contributed by atoms with Crippen molar-refractivity contribution in [2.75, 3.05) is 26.9 Å². The van der Waals surface area contributed by atoms with Crippen molar-refractivity contribution < 1.29 is 9.47 Å². The van der Waals surface area contributed by atoms with Crippen LogP contribution >= 0.6 is 0 Å². The fraction of sp³-hybridized carbons (Fsp3) is 0.769. The predicted octanol–water partition coefficient (Wildman–Crippen LogP) is 1.43. The van der Waals surface area contributed by atoms with Crippen LogP contribution in [-0.2, 0) is 22.6 Å². The Balaban J connectivity index is 2.19. The number of hydrogen-bond acceptors (Lipinski definition) is 4. The molecule has 1 aromatic heterocycles. The van der Waals surface area contributed by atoms with Gasteiger partial charge in [-0.2, -0.15) is 5.10 Å². The first kappa shape index (κ1) is 15.1. The summed E-state index contributed by atoms with van der Waals surface area (Å²) in [6.07, 6.45) is 2.82. The van der Waals surface area contributed by atoms with Gasteiger partial charge in [-0.15, -0.1) is 0 Å². The van der Waals surface area contributed by atoms with E-state index in [2.05, 4.69) is 30.3 Å². The van der Waals surface area contributed by atoms with Gasteiger partial charge in [0.1, 0.15) is 0 Å². The minimum Gasteiger partial charge on any atom is -0.382 e. The van der Waals surface area contributed by atoms with Crippen molar-refractivity contribution in [3.63, 3.8) is 0 Å². The molecule has 1 rings (SSSR count). The third-order valence-electron chi connectivity index (χ3n) is 2.59. The second kappa shape index (κ2) is 9.08. The number of ether oxygens (including phenoxy) is 2. The first-order chi connectivity index (χ1) is 8.74. The molecule has 1 aromatic rings. The Morgan fingerprint density at radius 1 is 1.33 bits per heavy atom. The molecule has 0 amide bonds. The van der Waals surface area contributed by atoms with Gasteiger partial charge in [0.15, 0.2) is 0 Å². The van der Waals surface area contributed by atoms with E-state index in [1.807, 2.05) is 10.9 Å². The quantitative estimate of drug-likeness (QED) is 0.643. The van der Waals surface area contributed by atoms with Crippen LogP contribution in [0.2, 0.25) is 0 Å². The van der Waals surface area contributed by atoms with Crippen molar-refractivity contribution in [2.45, 2.75) is 39.4 Å². The van der Waals surface area contributed by atoms with Crippen LogP contribution in [0.5, 0.6) is 0 Å². The normalized spacial score (nSPS) is 11.3. The summed E-state index contributed by atoms with van der Waals surface area (Å²) < 4.78 is 12.4. The zero-order valence-corrected chi connectivity index (χ0v) is 11.7. The molecular weight excluding hydrogens is 230 g/mol. The summed E-state index contributed by atoms with van der Waals surface area (Å²) in [5, 5.41) is 7.72. The number of rotatable bonds is 10. The van der Waals surface area contributed by atoms with Crippen LogP contribution in [0.15, 0.2) is 12.3 Å².